The molecule has 312 valence electrons. The van der Waals surface area contributed by atoms with Crippen LogP contribution >= 0.6 is 22.6 Å². The molecule has 3 aliphatic heterocycles. The van der Waals surface area contributed by atoms with Crippen LogP contribution in [0, 0.1) is 10.5 Å². The molecule has 3 aromatic heterocycles. The molecule has 1 aliphatic carbocycles. The molecule has 2 atom stereocenters. The maximum absolute atomic E-state index is 13.5. The van der Waals surface area contributed by atoms with E-state index in [1.165, 1.54) is 5.57 Å². The second-order valence-electron chi connectivity index (χ2n) is 16.3. The number of rotatable bonds is 10. The smallest absolute Gasteiger partial charge is 0.269 e. The molecular weight excluding hydrogens is 886 g/mol. The molecular formula is C51H48IN7O3. The number of aliphatic hydroxyl groups is 1. The number of aromatic nitrogens is 5. The van der Waals surface area contributed by atoms with Crippen molar-refractivity contribution < 1.29 is 14.7 Å². The minimum atomic E-state index is -0.302. The Bertz CT molecular complexity index is 3060. The average molecular weight is 934 g/mol. The zero-order chi connectivity index (χ0) is 43.4. The summed E-state index contributed by atoms with van der Waals surface area (Å²) in [5, 5.41) is 19.3. The molecule has 0 fully saturated rings. The third kappa shape index (κ3) is 7.21. The highest BCUT2D eigenvalue weighted by Gasteiger charge is 2.33. The molecule has 8 bridgehead atoms. The Balaban J connectivity index is 0.977. The number of carbonyl (C=O) groups excluding carboxylic acids is 2. The van der Waals surface area contributed by atoms with Gasteiger partial charge in [0.1, 0.15) is 11.5 Å². The van der Waals surface area contributed by atoms with Crippen molar-refractivity contribution in [3.05, 3.63) is 146 Å². The highest BCUT2D eigenvalue weighted by molar-refractivity contribution is 14.1. The van der Waals surface area contributed by atoms with Gasteiger partial charge in [-0.25, -0.2) is 15.0 Å². The number of nitrogens with zero attached hydrogens (tertiary/aromatic N) is 3. The van der Waals surface area contributed by atoms with Crippen molar-refractivity contribution in [1.82, 2.24) is 35.6 Å². The molecule has 0 radical (unpaired) electrons. The Hall–Kier alpha value is -6.34. The number of nitrogens with one attached hydrogen (secondary N) is 4. The van der Waals surface area contributed by atoms with Crippen LogP contribution in [0.15, 0.2) is 85.5 Å². The lowest BCUT2D eigenvalue weighted by atomic mass is 9.85. The standard InChI is InChI=1S/C51H48IN7O3/c1-7-31-26(3)38-23-40-28(5)33(17-18-46(61)53-19-20-54-51(62)44-21-30-13-9-10-14-34(30)49(59-44)35-15-11-12-16-37(35)52)48(57-40)36-22-45(60)47-29(6)41(58-50(36)47)25-43-32(8-2)27(4)39(56-43)24-42(31)55-38/h7,9-16,21-25,28,33,57-58,60H,1,8,17-20H2,2-6H3,(H,53,61)(H,54,62)/t28-,33-/m0/s1. The number of amides is 2. The number of hydrogen-bond acceptors (Lipinski definition) is 6. The SMILES string of the molecule is C=CC1=C(C)c2cc3[nH]c(c4c5[nH]c(cc6nc(cc1n2)C(C)=C6CC)c(C)c5C(O)=C4)[C@@H](CCC(=O)NCCNC(=O)c1cc2ccccc2c(-c2ccccc2I)n1)[C@@H]3C. The molecule has 0 unspecified atom stereocenters. The lowest BCUT2D eigenvalue weighted by Gasteiger charge is -2.17. The van der Waals surface area contributed by atoms with Gasteiger partial charge in [-0.2, -0.15) is 0 Å². The molecule has 0 saturated heterocycles. The molecule has 5 N–H and O–H groups in total. The monoisotopic (exact) mass is 933 g/mol. The summed E-state index contributed by atoms with van der Waals surface area (Å²) < 4.78 is 1.05. The number of carbonyl (C=O) groups is 2. The summed E-state index contributed by atoms with van der Waals surface area (Å²) in [4.78, 5) is 49.4. The fourth-order valence-corrected chi connectivity index (χ4v) is 9.95. The Morgan fingerprint density at radius 2 is 1.63 bits per heavy atom. The minimum Gasteiger partial charge on any atom is -0.507 e. The van der Waals surface area contributed by atoms with Crippen molar-refractivity contribution in [2.75, 3.05) is 13.1 Å². The van der Waals surface area contributed by atoms with Gasteiger partial charge in [0.05, 0.1) is 34.0 Å². The first-order chi connectivity index (χ1) is 29.9. The minimum absolute atomic E-state index is 0.00409. The van der Waals surface area contributed by atoms with Crippen LogP contribution in [0.2, 0.25) is 0 Å². The Labute approximate surface area is 374 Å². The number of pyridine rings is 1. The van der Waals surface area contributed by atoms with Gasteiger partial charge in [0.2, 0.25) is 5.91 Å². The number of aromatic amines is 2. The predicted octanol–water partition coefficient (Wildman–Crippen LogP) is 11.2. The highest BCUT2D eigenvalue weighted by atomic mass is 127. The largest absolute Gasteiger partial charge is 0.507 e. The summed E-state index contributed by atoms with van der Waals surface area (Å²) in [7, 11) is 0. The number of allylic oxidation sites excluding steroid dienone is 5. The van der Waals surface area contributed by atoms with E-state index in [0.717, 1.165) is 111 Å². The van der Waals surface area contributed by atoms with Crippen LogP contribution in [-0.4, -0.2) is 54.9 Å². The molecule has 11 heteroatoms. The number of benzene rings is 2. The second kappa shape index (κ2) is 16.5. The van der Waals surface area contributed by atoms with Gasteiger partial charge in [0.25, 0.3) is 5.91 Å². The molecule has 62 heavy (non-hydrogen) atoms. The van der Waals surface area contributed by atoms with Crippen LogP contribution in [0.5, 0.6) is 0 Å². The normalized spacial score (nSPS) is 16.1. The Kier molecular flexibility index (Phi) is 10.9. The fourth-order valence-electron chi connectivity index (χ4n) is 9.31. The number of aryl methyl sites for hydroxylation is 1. The second-order valence-corrected chi connectivity index (χ2v) is 17.5. The first-order valence-electron chi connectivity index (χ1n) is 21.2. The van der Waals surface area contributed by atoms with E-state index in [1.54, 1.807) is 0 Å². The van der Waals surface area contributed by atoms with Crippen LogP contribution in [0.3, 0.4) is 0 Å². The Morgan fingerprint density at radius 3 is 2.42 bits per heavy atom. The first-order valence-corrected chi connectivity index (χ1v) is 22.2. The van der Waals surface area contributed by atoms with Gasteiger partial charge in [-0.1, -0.05) is 69.0 Å². The molecule has 4 aliphatic rings. The van der Waals surface area contributed by atoms with Gasteiger partial charge in [0.15, 0.2) is 0 Å². The van der Waals surface area contributed by atoms with E-state index in [2.05, 4.69) is 95.7 Å². The number of hydrogen-bond donors (Lipinski definition) is 5. The molecule has 6 heterocycles. The maximum Gasteiger partial charge on any atom is 0.269 e. The molecule has 0 saturated carbocycles. The van der Waals surface area contributed by atoms with E-state index in [4.69, 9.17) is 15.0 Å². The molecule has 2 aromatic carbocycles. The quantitative estimate of drug-likeness (QED) is 0.0696. The van der Waals surface area contributed by atoms with E-state index in [0.29, 0.717) is 12.1 Å². The van der Waals surface area contributed by atoms with Crippen LogP contribution in [-0.2, 0) is 4.79 Å². The number of fused-ring (bicyclic) bond motifs is 9. The van der Waals surface area contributed by atoms with Crippen LogP contribution in [0.1, 0.15) is 120 Å². The topological polar surface area (TPSA) is 149 Å². The van der Waals surface area contributed by atoms with E-state index in [-0.39, 0.29) is 48.9 Å². The van der Waals surface area contributed by atoms with Crippen molar-refractivity contribution in [2.45, 2.75) is 65.7 Å². The predicted molar refractivity (Wildman–Crippen MR) is 259 cm³/mol. The lowest BCUT2D eigenvalue weighted by Crippen LogP contribution is -2.35. The summed E-state index contributed by atoms with van der Waals surface area (Å²) in [6.07, 6.45) is 5.33. The summed E-state index contributed by atoms with van der Waals surface area (Å²) >= 11 is 2.30. The third-order valence-electron chi connectivity index (χ3n) is 12.7. The van der Waals surface area contributed by atoms with E-state index in [9.17, 15) is 14.7 Å². The molecule has 0 spiro atoms. The van der Waals surface area contributed by atoms with Crippen molar-refractivity contribution in [1.29, 1.82) is 0 Å². The van der Waals surface area contributed by atoms with Gasteiger partial charge in [-0.3, -0.25) is 9.59 Å². The van der Waals surface area contributed by atoms with Gasteiger partial charge < -0.3 is 25.7 Å². The molecule has 2 amide bonds. The summed E-state index contributed by atoms with van der Waals surface area (Å²) in [5.41, 5.74) is 16.0. The van der Waals surface area contributed by atoms with E-state index < -0.39 is 0 Å². The van der Waals surface area contributed by atoms with Gasteiger partial charge in [-0.15, -0.1) is 0 Å². The zero-order valence-electron chi connectivity index (χ0n) is 35.5. The van der Waals surface area contributed by atoms with Crippen molar-refractivity contribution >= 4 is 90.3 Å². The Morgan fingerprint density at radius 1 is 0.887 bits per heavy atom. The molecule has 10 nitrogen and oxygen atoms in total. The van der Waals surface area contributed by atoms with Crippen LogP contribution in [0.25, 0.3) is 67.2 Å². The van der Waals surface area contributed by atoms with E-state index in [1.807, 2.05) is 73.7 Å². The van der Waals surface area contributed by atoms with Crippen LogP contribution in [0.4, 0.5) is 0 Å². The van der Waals surface area contributed by atoms with Gasteiger partial charge in [-0.05, 0) is 120 Å². The summed E-state index contributed by atoms with van der Waals surface area (Å²) in [6, 6.07) is 24.0. The van der Waals surface area contributed by atoms with E-state index >= 15 is 0 Å². The summed E-state index contributed by atoms with van der Waals surface area (Å²) in [5.74, 6) is -0.272. The van der Waals surface area contributed by atoms with Crippen molar-refractivity contribution in [3.8, 4) is 11.3 Å². The molecule has 5 aromatic rings. The lowest BCUT2D eigenvalue weighted by molar-refractivity contribution is -0.121. The van der Waals surface area contributed by atoms with Crippen molar-refractivity contribution in [2.24, 2.45) is 0 Å². The number of halogens is 1. The molecule has 9 rings (SSSR count). The van der Waals surface area contributed by atoms with Crippen molar-refractivity contribution in [3.63, 3.8) is 0 Å². The van der Waals surface area contributed by atoms with Gasteiger partial charge in [0, 0.05) is 79.5 Å². The van der Waals surface area contributed by atoms with Crippen LogP contribution < -0.4 is 10.6 Å². The number of aliphatic hydroxyl groups excluding tert-OH is 1. The highest BCUT2D eigenvalue weighted by Crippen LogP contribution is 2.46. The average Bonchev–Trinajstić information content (AvgIpc) is 4.03. The summed E-state index contributed by atoms with van der Waals surface area (Å²) in [6.45, 7) is 15.2. The fraction of sp³-hybridized carbons (Fsp3) is 0.235. The zero-order valence-corrected chi connectivity index (χ0v) is 37.6. The number of H-pyrrole nitrogens is 2. The first kappa shape index (κ1) is 41.0. The third-order valence-corrected chi connectivity index (χ3v) is 13.7. The maximum atomic E-state index is 13.5. The van der Waals surface area contributed by atoms with Gasteiger partial charge >= 0.3 is 0 Å².